The highest BCUT2D eigenvalue weighted by Gasteiger charge is 2.16. The van der Waals surface area contributed by atoms with Crippen molar-refractivity contribution in [2.75, 3.05) is 23.9 Å². The molecule has 0 atom stereocenters. The lowest BCUT2D eigenvalue weighted by molar-refractivity contribution is 0.0970. The predicted octanol–water partition coefficient (Wildman–Crippen LogP) is 5.71. The SMILES string of the molecule is CN(C(=O)c1cccc(NC(=S)NC(=O)c2ccccc2OCCc2ccccc2)c1)c1ccccc1. The van der Waals surface area contributed by atoms with E-state index < -0.39 is 0 Å². The maximum atomic E-state index is 12.9. The van der Waals surface area contributed by atoms with E-state index >= 15 is 0 Å². The molecule has 0 aliphatic heterocycles. The van der Waals surface area contributed by atoms with E-state index in [0.717, 1.165) is 17.7 Å². The third kappa shape index (κ3) is 7.02. The van der Waals surface area contributed by atoms with Crippen molar-refractivity contribution in [1.29, 1.82) is 0 Å². The van der Waals surface area contributed by atoms with Gasteiger partial charge in [-0.1, -0.05) is 66.7 Å². The summed E-state index contributed by atoms with van der Waals surface area (Å²) in [6, 6.07) is 33.4. The predicted molar refractivity (Wildman–Crippen MR) is 151 cm³/mol. The Bertz CT molecular complexity index is 1380. The minimum absolute atomic E-state index is 0.116. The van der Waals surface area contributed by atoms with Crippen molar-refractivity contribution < 1.29 is 14.3 Å². The van der Waals surface area contributed by atoms with Gasteiger partial charge in [0.2, 0.25) is 0 Å². The molecule has 0 aromatic heterocycles. The van der Waals surface area contributed by atoms with Crippen LogP contribution in [0.1, 0.15) is 26.3 Å². The third-order valence-electron chi connectivity index (χ3n) is 5.67. The number of hydrogen-bond acceptors (Lipinski definition) is 4. The van der Waals surface area contributed by atoms with Crippen molar-refractivity contribution in [3.05, 3.63) is 126 Å². The van der Waals surface area contributed by atoms with E-state index in [9.17, 15) is 9.59 Å². The van der Waals surface area contributed by atoms with Gasteiger partial charge >= 0.3 is 0 Å². The summed E-state index contributed by atoms with van der Waals surface area (Å²) in [5, 5.41) is 5.80. The van der Waals surface area contributed by atoms with Crippen LogP contribution in [0.4, 0.5) is 11.4 Å². The van der Waals surface area contributed by atoms with Gasteiger partial charge in [-0.25, -0.2) is 0 Å². The van der Waals surface area contributed by atoms with Gasteiger partial charge in [0.1, 0.15) is 5.75 Å². The number of ether oxygens (including phenoxy) is 1. The average Bonchev–Trinajstić information content (AvgIpc) is 2.93. The highest BCUT2D eigenvalue weighted by atomic mass is 32.1. The van der Waals surface area contributed by atoms with Crippen LogP contribution in [0.15, 0.2) is 109 Å². The van der Waals surface area contributed by atoms with Crippen molar-refractivity contribution >= 4 is 40.5 Å². The number of nitrogens with one attached hydrogen (secondary N) is 2. The van der Waals surface area contributed by atoms with Crippen LogP contribution < -0.4 is 20.3 Å². The molecule has 37 heavy (non-hydrogen) atoms. The molecule has 0 aliphatic rings. The molecular weight excluding hydrogens is 482 g/mol. The van der Waals surface area contributed by atoms with E-state index in [0.29, 0.717) is 29.2 Å². The Kier molecular flexibility index (Phi) is 8.62. The standard InChI is InChI=1S/C30H27N3O3S/c1-33(25-15-6-3-7-16-25)29(35)23-13-10-14-24(21-23)31-30(37)32-28(34)26-17-8-9-18-27(26)36-20-19-22-11-4-2-5-12-22/h2-18,21H,19-20H2,1H3,(H2,31,32,34,37). The summed E-state index contributed by atoms with van der Waals surface area (Å²) in [5.74, 6) is -0.0643. The first kappa shape index (κ1) is 25.6. The maximum Gasteiger partial charge on any atom is 0.261 e. The second kappa shape index (κ2) is 12.5. The fraction of sp³-hybridized carbons (Fsp3) is 0.100. The minimum Gasteiger partial charge on any atom is -0.492 e. The summed E-state index contributed by atoms with van der Waals surface area (Å²) >= 11 is 5.36. The number of anilines is 2. The first-order valence-electron chi connectivity index (χ1n) is 11.8. The molecule has 0 spiro atoms. The maximum absolute atomic E-state index is 12.9. The molecule has 6 nitrogen and oxygen atoms in total. The summed E-state index contributed by atoms with van der Waals surface area (Å²) < 4.78 is 5.90. The van der Waals surface area contributed by atoms with Crippen LogP contribution in [-0.2, 0) is 6.42 Å². The lowest BCUT2D eigenvalue weighted by Crippen LogP contribution is -2.34. The number of para-hydroxylation sites is 2. The van der Waals surface area contributed by atoms with Crippen LogP contribution in [0.5, 0.6) is 5.75 Å². The first-order valence-corrected chi connectivity index (χ1v) is 12.2. The van der Waals surface area contributed by atoms with Crippen LogP contribution in [0.2, 0.25) is 0 Å². The van der Waals surface area contributed by atoms with Gasteiger partial charge in [0, 0.05) is 30.4 Å². The van der Waals surface area contributed by atoms with Crippen LogP contribution in [0.3, 0.4) is 0 Å². The third-order valence-corrected chi connectivity index (χ3v) is 5.87. The number of amides is 2. The Morgan fingerprint density at radius 2 is 1.51 bits per heavy atom. The molecule has 4 rings (SSSR count). The summed E-state index contributed by atoms with van der Waals surface area (Å²) in [5.41, 5.74) is 3.41. The van der Waals surface area contributed by atoms with Gasteiger partial charge in [-0.3, -0.25) is 14.9 Å². The molecule has 0 radical (unpaired) electrons. The van der Waals surface area contributed by atoms with Gasteiger partial charge in [0.15, 0.2) is 5.11 Å². The molecule has 186 valence electrons. The molecule has 2 N–H and O–H groups in total. The van der Waals surface area contributed by atoms with E-state index in [4.69, 9.17) is 17.0 Å². The van der Waals surface area contributed by atoms with Crippen molar-refractivity contribution in [3.8, 4) is 5.75 Å². The monoisotopic (exact) mass is 509 g/mol. The molecule has 2 amide bonds. The molecule has 4 aromatic rings. The van der Waals surface area contributed by atoms with Gasteiger partial charge in [0.05, 0.1) is 12.2 Å². The smallest absolute Gasteiger partial charge is 0.261 e. The van der Waals surface area contributed by atoms with Gasteiger partial charge in [-0.15, -0.1) is 0 Å². The van der Waals surface area contributed by atoms with Crippen LogP contribution in [0.25, 0.3) is 0 Å². The Hall–Kier alpha value is -4.49. The molecule has 0 fully saturated rings. The Morgan fingerprint density at radius 1 is 0.838 bits per heavy atom. The van der Waals surface area contributed by atoms with Crippen LogP contribution in [-0.4, -0.2) is 30.6 Å². The Balaban J connectivity index is 1.36. The number of benzene rings is 4. The van der Waals surface area contributed by atoms with Crippen molar-refractivity contribution in [2.45, 2.75) is 6.42 Å². The number of hydrogen-bond donors (Lipinski definition) is 2. The zero-order valence-corrected chi connectivity index (χ0v) is 21.2. The van der Waals surface area contributed by atoms with Gasteiger partial charge in [-0.05, 0) is 60.2 Å². The van der Waals surface area contributed by atoms with Crippen molar-refractivity contribution in [3.63, 3.8) is 0 Å². The summed E-state index contributed by atoms with van der Waals surface area (Å²) in [6.07, 6.45) is 0.727. The molecule has 0 aliphatic carbocycles. The lowest BCUT2D eigenvalue weighted by Gasteiger charge is -2.18. The second-order valence-corrected chi connectivity index (χ2v) is 8.68. The van der Waals surface area contributed by atoms with E-state index in [1.807, 2.05) is 66.7 Å². The fourth-order valence-corrected chi connectivity index (χ4v) is 3.94. The van der Waals surface area contributed by atoms with E-state index in [1.165, 1.54) is 0 Å². The van der Waals surface area contributed by atoms with Gasteiger partial charge in [0.25, 0.3) is 11.8 Å². The number of rotatable bonds is 8. The fourth-order valence-electron chi connectivity index (χ4n) is 3.73. The molecule has 0 bridgehead atoms. The Morgan fingerprint density at radius 3 is 2.27 bits per heavy atom. The molecule has 0 heterocycles. The zero-order chi connectivity index (χ0) is 26.0. The molecule has 0 unspecified atom stereocenters. The van der Waals surface area contributed by atoms with Crippen molar-refractivity contribution in [1.82, 2.24) is 5.32 Å². The largest absolute Gasteiger partial charge is 0.492 e. The molecular formula is C30H27N3O3S. The number of carbonyl (C=O) groups is 2. The van der Waals surface area contributed by atoms with Gasteiger partial charge < -0.3 is 15.0 Å². The first-order chi connectivity index (χ1) is 18.0. The van der Waals surface area contributed by atoms with E-state index in [-0.39, 0.29) is 16.9 Å². The Labute approximate surface area is 221 Å². The zero-order valence-electron chi connectivity index (χ0n) is 20.4. The molecule has 0 saturated carbocycles. The van der Waals surface area contributed by atoms with Crippen molar-refractivity contribution in [2.24, 2.45) is 0 Å². The van der Waals surface area contributed by atoms with Crippen LogP contribution >= 0.6 is 12.2 Å². The quantitative estimate of drug-likeness (QED) is 0.298. The second-order valence-electron chi connectivity index (χ2n) is 8.27. The summed E-state index contributed by atoms with van der Waals surface area (Å²) in [7, 11) is 1.72. The van der Waals surface area contributed by atoms with Gasteiger partial charge in [-0.2, -0.15) is 0 Å². The highest BCUT2D eigenvalue weighted by Crippen LogP contribution is 2.20. The number of carbonyl (C=O) groups excluding carboxylic acids is 2. The summed E-state index contributed by atoms with van der Waals surface area (Å²) in [4.78, 5) is 27.5. The minimum atomic E-state index is -0.385. The van der Waals surface area contributed by atoms with E-state index in [2.05, 4.69) is 10.6 Å². The number of thiocarbonyl (C=S) groups is 1. The topological polar surface area (TPSA) is 70.7 Å². The lowest BCUT2D eigenvalue weighted by atomic mass is 10.1. The molecule has 4 aromatic carbocycles. The molecule has 0 saturated heterocycles. The summed E-state index contributed by atoms with van der Waals surface area (Å²) in [6.45, 7) is 0.440. The molecule has 7 heteroatoms. The van der Waals surface area contributed by atoms with E-state index in [1.54, 1.807) is 54.4 Å². The normalized spacial score (nSPS) is 10.3. The average molecular weight is 510 g/mol. The number of nitrogens with zero attached hydrogens (tertiary/aromatic N) is 1. The van der Waals surface area contributed by atoms with Crippen LogP contribution in [0, 0.1) is 0 Å². The highest BCUT2D eigenvalue weighted by molar-refractivity contribution is 7.80.